The summed E-state index contributed by atoms with van der Waals surface area (Å²) in [6, 6.07) is 0. The summed E-state index contributed by atoms with van der Waals surface area (Å²) >= 11 is 10.5. The number of hydrogen-bond acceptors (Lipinski definition) is 1. The van der Waals surface area contributed by atoms with Gasteiger partial charge in [-0.15, -0.1) is 0 Å². The lowest BCUT2D eigenvalue weighted by atomic mass is 10.9. The molecule has 0 fully saturated rings. The van der Waals surface area contributed by atoms with Crippen LogP contribution in [0.15, 0.2) is 10.1 Å². The maximum Gasteiger partial charge on any atom is 0.224 e. The van der Waals surface area contributed by atoms with Crippen molar-refractivity contribution in [2.75, 3.05) is 0 Å². The largest absolute Gasteiger partial charge is 0.224 e. The van der Waals surface area contributed by atoms with E-state index in [1.54, 1.807) is 0 Å². The summed E-state index contributed by atoms with van der Waals surface area (Å²) in [5, 5.41) is 3.77. The minimum Gasteiger partial charge on any atom is -0.213 e. The highest BCUT2D eigenvalue weighted by molar-refractivity contribution is 6.65. The third-order valence-corrected chi connectivity index (χ3v) is 0.769. The Morgan fingerprint density at radius 3 is 2.29 bits per heavy atom. The van der Waals surface area contributed by atoms with Crippen LogP contribution in [0.25, 0.3) is 0 Å². The van der Waals surface area contributed by atoms with E-state index in [0.29, 0.717) is 0 Å². The molecule has 0 amide bonds. The van der Waals surface area contributed by atoms with Crippen molar-refractivity contribution in [1.82, 2.24) is 5.32 Å². The third kappa shape index (κ3) is 1.08. The maximum absolute atomic E-state index is 5.25. The molecule has 4 heteroatoms. The molecule has 0 N–H and O–H groups in total. The van der Waals surface area contributed by atoms with E-state index in [1.807, 2.05) is 0 Å². The summed E-state index contributed by atoms with van der Waals surface area (Å²) in [5.41, 5.74) is 0. The van der Waals surface area contributed by atoms with Gasteiger partial charge in [0.05, 0.1) is 0 Å². The number of amidine groups is 1. The van der Waals surface area contributed by atoms with Crippen molar-refractivity contribution in [2.24, 2.45) is 4.99 Å². The van der Waals surface area contributed by atoms with Crippen molar-refractivity contribution in [3.05, 3.63) is 11.4 Å². The van der Waals surface area contributed by atoms with Gasteiger partial charge in [0.25, 0.3) is 0 Å². The van der Waals surface area contributed by atoms with E-state index in [-0.39, 0.29) is 10.5 Å². The van der Waals surface area contributed by atoms with Crippen molar-refractivity contribution < 1.29 is 0 Å². The number of halogens is 2. The van der Waals surface area contributed by atoms with Gasteiger partial charge in [0, 0.05) is 0 Å². The first-order chi connectivity index (χ1) is 3.29. The SMILES string of the molecule is ClC1=[C][N]C(Cl)=N1. The number of rotatable bonds is 0. The van der Waals surface area contributed by atoms with E-state index in [2.05, 4.69) is 16.5 Å². The van der Waals surface area contributed by atoms with Gasteiger partial charge in [0.2, 0.25) is 5.29 Å². The van der Waals surface area contributed by atoms with Crippen LogP contribution in [0.4, 0.5) is 0 Å². The van der Waals surface area contributed by atoms with Crippen LogP contribution in [0.1, 0.15) is 0 Å². The molecule has 0 atom stereocenters. The van der Waals surface area contributed by atoms with Gasteiger partial charge in [-0.25, -0.2) is 10.3 Å². The van der Waals surface area contributed by atoms with Crippen LogP contribution in [-0.4, -0.2) is 5.29 Å². The number of hydrogen-bond donors (Lipinski definition) is 0. The predicted molar refractivity (Wildman–Crippen MR) is 28.0 cm³/mol. The zero-order chi connectivity index (χ0) is 5.28. The molecule has 0 bridgehead atoms. The second kappa shape index (κ2) is 1.72. The maximum atomic E-state index is 5.25. The zero-order valence-electron chi connectivity index (χ0n) is 3.15. The third-order valence-electron chi connectivity index (χ3n) is 0.431. The monoisotopic (exact) mass is 134 g/mol. The fraction of sp³-hybridized carbons (Fsp3) is 0. The Hall–Kier alpha value is -0.210. The molecule has 0 saturated heterocycles. The van der Waals surface area contributed by atoms with Gasteiger partial charge < -0.3 is 0 Å². The van der Waals surface area contributed by atoms with E-state index < -0.39 is 0 Å². The molecule has 0 aromatic carbocycles. The van der Waals surface area contributed by atoms with Crippen LogP contribution in [0.3, 0.4) is 0 Å². The predicted octanol–water partition coefficient (Wildman–Crippen LogP) is 1.04. The normalized spacial score (nSPS) is 18.0. The minimum atomic E-state index is 0.144. The molecular weight excluding hydrogens is 135 g/mol. The second-order valence-corrected chi connectivity index (χ2v) is 1.59. The van der Waals surface area contributed by atoms with Crippen molar-refractivity contribution in [2.45, 2.75) is 0 Å². The molecule has 1 aliphatic heterocycles. The van der Waals surface area contributed by atoms with E-state index in [4.69, 9.17) is 23.2 Å². The number of aliphatic imine (C=N–C) groups is 1. The summed E-state index contributed by atoms with van der Waals surface area (Å²) in [7, 11) is 0. The smallest absolute Gasteiger partial charge is 0.213 e. The van der Waals surface area contributed by atoms with Crippen molar-refractivity contribution in [3.63, 3.8) is 0 Å². The summed E-state index contributed by atoms with van der Waals surface area (Å²) < 4.78 is 0. The first-order valence-corrected chi connectivity index (χ1v) is 2.28. The lowest BCUT2D eigenvalue weighted by Crippen LogP contribution is -1.94. The van der Waals surface area contributed by atoms with Gasteiger partial charge in [-0.2, -0.15) is 0 Å². The molecule has 36 valence electrons. The van der Waals surface area contributed by atoms with Gasteiger partial charge in [-0.1, -0.05) is 11.6 Å². The highest BCUT2D eigenvalue weighted by Crippen LogP contribution is 2.07. The average molecular weight is 135 g/mol. The van der Waals surface area contributed by atoms with Crippen molar-refractivity contribution in [1.29, 1.82) is 0 Å². The topological polar surface area (TPSA) is 26.5 Å². The average Bonchev–Trinajstić information content (AvgIpc) is 1.87. The molecule has 0 aliphatic carbocycles. The van der Waals surface area contributed by atoms with Crippen LogP contribution < -0.4 is 5.32 Å². The highest BCUT2D eigenvalue weighted by Gasteiger charge is 2.02. The first kappa shape index (κ1) is 4.94. The Morgan fingerprint density at radius 2 is 2.14 bits per heavy atom. The van der Waals surface area contributed by atoms with Crippen molar-refractivity contribution >= 4 is 28.5 Å². The Morgan fingerprint density at radius 1 is 1.43 bits per heavy atom. The summed E-state index contributed by atoms with van der Waals surface area (Å²) in [4.78, 5) is 3.48. The van der Waals surface area contributed by atoms with E-state index >= 15 is 0 Å². The van der Waals surface area contributed by atoms with Crippen LogP contribution >= 0.6 is 23.2 Å². The van der Waals surface area contributed by atoms with Gasteiger partial charge in [-0.05, 0) is 11.6 Å². The molecule has 0 aromatic heterocycles. The molecular formula is C3Cl2N2. The van der Waals surface area contributed by atoms with E-state index in [9.17, 15) is 0 Å². The van der Waals surface area contributed by atoms with Crippen LogP contribution in [0, 0.1) is 6.20 Å². The lowest BCUT2D eigenvalue weighted by molar-refractivity contribution is 1.27. The summed E-state index contributed by atoms with van der Waals surface area (Å²) in [5.74, 6) is 0. The Balaban J connectivity index is 2.69. The van der Waals surface area contributed by atoms with E-state index in [1.165, 1.54) is 0 Å². The minimum absolute atomic E-state index is 0.144. The first-order valence-electron chi connectivity index (χ1n) is 1.52. The summed E-state index contributed by atoms with van der Waals surface area (Å²) in [6.45, 7) is 0. The fourth-order valence-corrected chi connectivity index (χ4v) is 0.516. The quantitative estimate of drug-likeness (QED) is 0.443. The van der Waals surface area contributed by atoms with Gasteiger partial charge >= 0.3 is 0 Å². The number of nitrogens with zero attached hydrogens (tertiary/aromatic N) is 2. The Bertz CT molecular complexity index is 138. The molecule has 2 radical (unpaired) electrons. The van der Waals surface area contributed by atoms with Crippen LogP contribution in [0.5, 0.6) is 0 Å². The molecule has 1 heterocycles. The lowest BCUT2D eigenvalue weighted by Gasteiger charge is -1.73. The molecule has 0 aromatic rings. The van der Waals surface area contributed by atoms with Gasteiger partial charge in [-0.3, -0.25) is 0 Å². The second-order valence-electron chi connectivity index (χ2n) is 0.895. The van der Waals surface area contributed by atoms with Crippen LogP contribution in [0.2, 0.25) is 0 Å². The molecule has 2 nitrogen and oxygen atoms in total. The highest BCUT2D eigenvalue weighted by atomic mass is 35.5. The Kier molecular flexibility index (Phi) is 1.21. The standard InChI is InChI=1S/C3Cl2N2/c4-2-1-6-3(5)7-2. The molecule has 7 heavy (non-hydrogen) atoms. The summed E-state index contributed by atoms with van der Waals surface area (Å²) in [6.07, 6.45) is 2.34. The zero-order valence-corrected chi connectivity index (χ0v) is 4.66. The molecule has 0 saturated carbocycles. The molecule has 1 rings (SSSR count). The Labute approximate surface area is 50.8 Å². The van der Waals surface area contributed by atoms with Gasteiger partial charge in [0.15, 0.2) is 5.16 Å². The van der Waals surface area contributed by atoms with Crippen molar-refractivity contribution in [3.8, 4) is 0 Å². The molecule has 0 spiro atoms. The van der Waals surface area contributed by atoms with Crippen LogP contribution in [-0.2, 0) is 0 Å². The fourth-order valence-electron chi connectivity index (χ4n) is 0.223. The molecule has 0 unspecified atom stereocenters. The van der Waals surface area contributed by atoms with Gasteiger partial charge in [0.1, 0.15) is 6.20 Å². The van der Waals surface area contributed by atoms with E-state index in [0.717, 1.165) is 0 Å². The molecule has 1 aliphatic rings.